The van der Waals surface area contributed by atoms with E-state index in [0.29, 0.717) is 12.5 Å². The molecule has 0 aromatic carbocycles. The van der Waals surface area contributed by atoms with E-state index in [1.807, 2.05) is 78.6 Å². The first kappa shape index (κ1) is 72.5. The maximum atomic E-state index is 13.3. The van der Waals surface area contributed by atoms with Crippen molar-refractivity contribution in [2.75, 3.05) is 13.2 Å². The minimum Gasteiger partial charge on any atom is -0.466 e. The molecule has 17 nitrogen and oxygen atoms in total. The van der Waals surface area contributed by atoms with E-state index in [-0.39, 0.29) is 25.7 Å². The normalized spacial score (nSPS) is 15.5. The summed E-state index contributed by atoms with van der Waals surface area (Å²) in [6, 6.07) is 0.577. The van der Waals surface area contributed by atoms with Gasteiger partial charge in [-0.25, -0.2) is 4.79 Å². The first-order valence-corrected chi connectivity index (χ1v) is 66.5. The third kappa shape index (κ3) is 36.3. The second kappa shape index (κ2) is 26.6. The standard InChI is InChI=1S/C40H106O17Si14/c1-58(2,3)46-64(19,20)52-70(53-65(21,22)47-59(4,5)6,54-66(23,24)48-60(7,8)9)35-31-33-44-39(42)37-38(41)40(43)45-34-32-36-71(55-67(25,26)49-61(10,11)12,56-68(27,28)50-62(13,14)15)57-69(29,30)51-63(16,17)18/h38,41H,31-37H2,1-30H3. The average Bonchev–Trinajstić information content (AvgIpc) is 2.95. The molecule has 0 amide bonds. The molecule has 0 saturated carbocycles. The van der Waals surface area contributed by atoms with Gasteiger partial charge in [-0.15, -0.1) is 0 Å². The van der Waals surface area contributed by atoms with Crippen molar-refractivity contribution in [3.63, 3.8) is 0 Å². The van der Waals surface area contributed by atoms with Crippen LogP contribution in [-0.4, -0.2) is 155 Å². The summed E-state index contributed by atoms with van der Waals surface area (Å²) in [5.41, 5.74) is 0. The zero-order chi connectivity index (χ0) is 56.6. The van der Waals surface area contributed by atoms with Gasteiger partial charge in [-0.2, -0.15) is 0 Å². The number of carbonyl (C=O) groups is 2. The van der Waals surface area contributed by atoms with Gasteiger partial charge in [-0.3, -0.25) is 4.79 Å². The second-order valence-corrected chi connectivity index (χ2v) is 82.7. The van der Waals surface area contributed by atoms with Crippen molar-refractivity contribution in [1.29, 1.82) is 0 Å². The molecule has 1 unspecified atom stereocenters. The van der Waals surface area contributed by atoms with Gasteiger partial charge in [0, 0.05) is 12.1 Å². The van der Waals surface area contributed by atoms with Gasteiger partial charge in [0.15, 0.2) is 56.0 Å². The molecule has 31 heteroatoms. The van der Waals surface area contributed by atoms with E-state index in [2.05, 4.69) is 118 Å². The lowest BCUT2D eigenvalue weighted by Crippen LogP contribution is -2.66. The molecule has 0 bridgehead atoms. The highest BCUT2D eigenvalue weighted by atomic mass is 28.5. The minimum absolute atomic E-state index is 0.0357. The van der Waals surface area contributed by atoms with E-state index >= 15 is 0 Å². The quantitative estimate of drug-likeness (QED) is 0.0359. The first-order chi connectivity index (χ1) is 30.9. The lowest BCUT2D eigenvalue weighted by Gasteiger charge is -2.46. The molecule has 0 saturated heterocycles. The zero-order valence-electron chi connectivity index (χ0n) is 50.5. The fourth-order valence-electron chi connectivity index (χ4n) is 8.56. The third-order valence-electron chi connectivity index (χ3n) is 8.11. The van der Waals surface area contributed by atoms with Gasteiger partial charge in [0.05, 0.1) is 19.6 Å². The van der Waals surface area contributed by atoms with E-state index in [9.17, 15) is 14.7 Å². The minimum atomic E-state index is -3.72. The summed E-state index contributed by atoms with van der Waals surface area (Å²) in [5.74, 6) is -1.70. The lowest BCUT2D eigenvalue weighted by atomic mass is 10.2. The summed E-state index contributed by atoms with van der Waals surface area (Å²) < 4.78 is 94.1. The van der Waals surface area contributed by atoms with Crippen LogP contribution in [0.25, 0.3) is 0 Å². The molecule has 0 aliphatic heterocycles. The molecule has 0 aliphatic carbocycles. The molecule has 0 aromatic rings. The predicted molar refractivity (Wildman–Crippen MR) is 321 cm³/mol. The van der Waals surface area contributed by atoms with Crippen molar-refractivity contribution in [3.8, 4) is 0 Å². The lowest BCUT2D eigenvalue weighted by molar-refractivity contribution is -0.160. The predicted octanol–water partition coefficient (Wildman–Crippen LogP) is 11.9. The van der Waals surface area contributed by atoms with Gasteiger partial charge < -0.3 is 64.0 Å². The number of aliphatic hydroxyl groups excluding tert-OH is 1. The smallest absolute Gasteiger partial charge is 0.466 e. The summed E-state index contributed by atoms with van der Waals surface area (Å²) in [7, 11) is -37.1. The second-order valence-electron chi connectivity index (χ2n) is 27.0. The number of esters is 2. The average molecular weight is 1250 g/mol. The van der Waals surface area contributed by atoms with Crippen LogP contribution in [0.15, 0.2) is 0 Å². The van der Waals surface area contributed by atoms with Crippen LogP contribution in [0.2, 0.25) is 208 Å². The number of rotatable bonds is 35. The topological polar surface area (TPSA) is 184 Å². The summed E-state index contributed by atoms with van der Waals surface area (Å²) in [4.78, 5) is 26.5. The van der Waals surface area contributed by atoms with Gasteiger partial charge in [-0.1, -0.05) is 0 Å². The van der Waals surface area contributed by atoms with Crippen LogP contribution in [0.1, 0.15) is 19.3 Å². The molecule has 1 atom stereocenters. The van der Waals surface area contributed by atoms with Crippen LogP contribution >= 0.6 is 0 Å². The number of carbonyl (C=O) groups excluding carboxylic acids is 2. The number of hydrogen-bond donors (Lipinski definition) is 1. The fourth-order valence-corrected chi connectivity index (χ4v) is 72.0. The molecule has 0 fully saturated rings. The molecular formula is C40H106O17Si14. The molecule has 0 aromatic heterocycles. The summed E-state index contributed by atoms with van der Waals surface area (Å²) >= 11 is 0. The van der Waals surface area contributed by atoms with Crippen LogP contribution in [-0.2, 0) is 68.4 Å². The van der Waals surface area contributed by atoms with E-state index in [4.69, 9.17) is 58.9 Å². The monoisotopic (exact) mass is 1250 g/mol. The van der Waals surface area contributed by atoms with Crippen LogP contribution in [0.5, 0.6) is 0 Å². The molecule has 0 radical (unpaired) electrons. The van der Waals surface area contributed by atoms with Crippen molar-refractivity contribution in [2.45, 2.75) is 234 Å². The van der Waals surface area contributed by atoms with Crippen molar-refractivity contribution in [3.05, 3.63) is 0 Å². The highest BCUT2D eigenvalue weighted by Gasteiger charge is 2.58. The SMILES string of the molecule is C[Si](C)(C)O[Si](C)(C)O[Si](CCCOC(=O)CC(O)C(=O)OCCC[Si](O[Si](C)(C)O[Si](C)(C)C)(O[Si](C)(C)O[Si](C)(C)C)O[Si](C)(C)O[Si](C)(C)C)(O[Si](C)(C)O[Si](C)(C)C)O[Si](C)(C)O[Si](C)(C)C. The third-order valence-corrected chi connectivity index (χ3v) is 55.8. The summed E-state index contributed by atoms with van der Waals surface area (Å²) in [6.45, 7) is 62.3. The van der Waals surface area contributed by atoms with Crippen molar-refractivity contribution in [1.82, 2.24) is 0 Å². The van der Waals surface area contributed by atoms with Gasteiger partial charge in [0.2, 0.25) is 0 Å². The Kier molecular flexibility index (Phi) is 27.2. The summed E-state index contributed by atoms with van der Waals surface area (Å²) in [6.07, 6.45) is -1.74. The van der Waals surface area contributed by atoms with Crippen molar-refractivity contribution < 1.29 is 73.6 Å². The maximum Gasteiger partial charge on any atom is 0.474 e. The number of ether oxygens (including phenoxy) is 2. The molecule has 0 spiro atoms. The van der Waals surface area contributed by atoms with E-state index in [1.165, 1.54) is 0 Å². The number of hydrogen-bond acceptors (Lipinski definition) is 17. The Morgan fingerprint density at radius 1 is 0.324 bits per heavy atom. The molecule has 71 heavy (non-hydrogen) atoms. The maximum absolute atomic E-state index is 13.3. The molecule has 1 N–H and O–H groups in total. The van der Waals surface area contributed by atoms with E-state index in [1.54, 1.807) is 0 Å². The van der Waals surface area contributed by atoms with Gasteiger partial charge in [0.25, 0.3) is 0 Å². The first-order valence-electron chi connectivity index (χ1n) is 25.3. The molecular weight excluding hydrogens is 1150 g/mol. The van der Waals surface area contributed by atoms with Crippen LogP contribution in [0, 0.1) is 0 Å². The van der Waals surface area contributed by atoms with Crippen molar-refractivity contribution in [2.24, 2.45) is 0 Å². The molecule has 424 valence electrons. The fraction of sp³-hybridized carbons (Fsp3) is 0.950. The van der Waals surface area contributed by atoms with E-state index < -0.39 is 143 Å². The van der Waals surface area contributed by atoms with Crippen molar-refractivity contribution >= 4 is 131 Å². The number of aliphatic hydroxyl groups is 1. The molecule has 0 rings (SSSR count). The Balaban J connectivity index is 6.49. The van der Waals surface area contributed by atoms with Gasteiger partial charge >= 0.3 is 80.9 Å². The summed E-state index contributed by atoms with van der Waals surface area (Å²) in [5, 5.41) is 10.9. The van der Waals surface area contributed by atoms with Crippen LogP contribution < -0.4 is 0 Å². The Hall–Kier alpha value is 1.46. The Bertz CT molecular complexity index is 1520. The largest absolute Gasteiger partial charge is 0.474 e. The van der Waals surface area contributed by atoms with Crippen LogP contribution in [0.3, 0.4) is 0 Å². The van der Waals surface area contributed by atoms with Gasteiger partial charge in [-0.05, 0) is 209 Å². The zero-order valence-corrected chi connectivity index (χ0v) is 64.5. The van der Waals surface area contributed by atoms with Gasteiger partial charge in [0.1, 0.15) is 0 Å². The highest BCUT2D eigenvalue weighted by Crippen LogP contribution is 2.36. The Labute approximate surface area is 448 Å². The highest BCUT2D eigenvalue weighted by molar-refractivity contribution is 6.94. The molecule has 0 heterocycles. The Morgan fingerprint density at radius 2 is 0.521 bits per heavy atom. The van der Waals surface area contributed by atoms with Crippen LogP contribution in [0.4, 0.5) is 0 Å². The Morgan fingerprint density at radius 3 is 0.718 bits per heavy atom. The molecule has 0 aliphatic rings. The van der Waals surface area contributed by atoms with E-state index in [0.717, 1.165) is 0 Å².